The average molecular weight is 278 g/mol. The van der Waals surface area contributed by atoms with Gasteiger partial charge in [-0.1, -0.05) is 17.7 Å². The summed E-state index contributed by atoms with van der Waals surface area (Å²) in [5.41, 5.74) is 1.28. The highest BCUT2D eigenvalue weighted by atomic mass is 32.2. The fourth-order valence-electron chi connectivity index (χ4n) is 1.77. The molecule has 0 atom stereocenters. The molecular weight excluding hydrogens is 256 g/mol. The smallest absolute Gasteiger partial charge is 0.233 e. The maximum absolute atomic E-state index is 11.5. The van der Waals surface area contributed by atoms with Gasteiger partial charge < -0.3 is 10.6 Å². The second kappa shape index (κ2) is 7.56. The van der Waals surface area contributed by atoms with Crippen LogP contribution in [0, 0.1) is 12.8 Å². The molecule has 0 spiro atoms. The largest absolute Gasteiger partial charge is 0.354 e. The maximum Gasteiger partial charge on any atom is 0.233 e. The first kappa shape index (κ1) is 14.4. The second-order valence-electron chi connectivity index (χ2n) is 5.09. The lowest BCUT2D eigenvalue weighted by molar-refractivity contribution is -0.120. The lowest BCUT2D eigenvalue weighted by atomic mass is 10.2. The van der Waals surface area contributed by atoms with Gasteiger partial charge in [0.2, 0.25) is 5.91 Å². The van der Waals surface area contributed by atoms with Crippen molar-refractivity contribution in [2.24, 2.45) is 5.92 Å². The van der Waals surface area contributed by atoms with Crippen molar-refractivity contribution < 1.29 is 4.79 Å². The Hall–Kier alpha value is -1.00. The van der Waals surface area contributed by atoms with Crippen LogP contribution >= 0.6 is 11.8 Å². The lowest BCUT2D eigenvalue weighted by Crippen LogP contribution is -2.35. The SMILES string of the molecule is Cc1ccc(SCCNC(=O)CNCC2CC2)cc1. The highest BCUT2D eigenvalue weighted by Crippen LogP contribution is 2.27. The van der Waals surface area contributed by atoms with E-state index in [1.165, 1.54) is 23.3 Å². The number of nitrogens with one attached hydrogen (secondary N) is 2. The number of hydrogen-bond acceptors (Lipinski definition) is 3. The third-order valence-corrected chi connectivity index (χ3v) is 4.14. The summed E-state index contributed by atoms with van der Waals surface area (Å²) < 4.78 is 0. The zero-order valence-corrected chi connectivity index (χ0v) is 12.3. The fourth-order valence-corrected chi connectivity index (χ4v) is 2.54. The molecule has 1 amide bonds. The molecule has 1 fully saturated rings. The third-order valence-electron chi connectivity index (χ3n) is 3.13. The van der Waals surface area contributed by atoms with Crippen molar-refractivity contribution in [3.05, 3.63) is 29.8 Å². The Balaban J connectivity index is 1.50. The minimum atomic E-state index is 0.102. The van der Waals surface area contributed by atoms with Gasteiger partial charge in [-0.2, -0.15) is 0 Å². The topological polar surface area (TPSA) is 41.1 Å². The van der Waals surface area contributed by atoms with Gasteiger partial charge in [-0.15, -0.1) is 11.8 Å². The summed E-state index contributed by atoms with van der Waals surface area (Å²) in [5, 5.41) is 6.13. The van der Waals surface area contributed by atoms with Crippen molar-refractivity contribution in [2.45, 2.75) is 24.7 Å². The standard InChI is InChI=1S/C15H22N2OS/c1-12-2-6-14(7-3-12)19-9-8-17-15(18)11-16-10-13-4-5-13/h2-3,6-7,13,16H,4-5,8-11H2,1H3,(H,17,18). The molecule has 3 nitrogen and oxygen atoms in total. The number of hydrogen-bond donors (Lipinski definition) is 2. The van der Waals surface area contributed by atoms with Gasteiger partial charge in [0, 0.05) is 17.2 Å². The van der Waals surface area contributed by atoms with E-state index < -0.39 is 0 Å². The lowest BCUT2D eigenvalue weighted by Gasteiger charge is -2.06. The highest BCUT2D eigenvalue weighted by molar-refractivity contribution is 7.99. The minimum absolute atomic E-state index is 0.102. The molecule has 19 heavy (non-hydrogen) atoms. The van der Waals surface area contributed by atoms with Crippen molar-refractivity contribution >= 4 is 17.7 Å². The molecule has 0 aromatic heterocycles. The fraction of sp³-hybridized carbons (Fsp3) is 0.533. The van der Waals surface area contributed by atoms with E-state index in [1.807, 2.05) is 0 Å². The molecule has 0 unspecified atom stereocenters. The molecule has 1 aliphatic rings. The van der Waals surface area contributed by atoms with E-state index in [4.69, 9.17) is 0 Å². The first-order chi connectivity index (χ1) is 9.24. The molecule has 2 rings (SSSR count). The number of benzene rings is 1. The molecule has 1 aliphatic carbocycles. The summed E-state index contributed by atoms with van der Waals surface area (Å²) in [4.78, 5) is 12.8. The maximum atomic E-state index is 11.5. The second-order valence-corrected chi connectivity index (χ2v) is 6.25. The Morgan fingerprint density at radius 2 is 2.05 bits per heavy atom. The van der Waals surface area contributed by atoms with Gasteiger partial charge in [0.05, 0.1) is 6.54 Å². The Morgan fingerprint density at radius 1 is 1.32 bits per heavy atom. The molecule has 4 heteroatoms. The van der Waals surface area contributed by atoms with Gasteiger partial charge in [-0.05, 0) is 44.4 Å². The van der Waals surface area contributed by atoms with Crippen molar-refractivity contribution in [3.8, 4) is 0 Å². The molecule has 104 valence electrons. The molecule has 0 radical (unpaired) electrons. The van der Waals surface area contributed by atoms with Crippen LogP contribution in [0.4, 0.5) is 0 Å². The summed E-state index contributed by atoms with van der Waals surface area (Å²) in [6.45, 7) is 4.25. The summed E-state index contributed by atoms with van der Waals surface area (Å²) in [6.07, 6.45) is 2.64. The molecule has 2 N–H and O–H groups in total. The van der Waals surface area contributed by atoms with Crippen molar-refractivity contribution in [1.82, 2.24) is 10.6 Å². The van der Waals surface area contributed by atoms with E-state index in [0.29, 0.717) is 6.54 Å². The Bertz CT molecular complexity index is 401. The van der Waals surface area contributed by atoms with Crippen LogP contribution in [0.2, 0.25) is 0 Å². The minimum Gasteiger partial charge on any atom is -0.354 e. The average Bonchev–Trinajstić information content (AvgIpc) is 3.21. The number of amides is 1. The van der Waals surface area contributed by atoms with Gasteiger partial charge in [-0.3, -0.25) is 4.79 Å². The monoisotopic (exact) mass is 278 g/mol. The number of rotatable bonds is 8. The third kappa shape index (κ3) is 6.12. The van der Waals surface area contributed by atoms with E-state index >= 15 is 0 Å². The normalized spacial score (nSPS) is 14.4. The van der Waals surface area contributed by atoms with Crippen LogP contribution in [0.5, 0.6) is 0 Å². The Kier molecular flexibility index (Phi) is 5.73. The van der Waals surface area contributed by atoms with Gasteiger partial charge in [0.1, 0.15) is 0 Å². The highest BCUT2D eigenvalue weighted by Gasteiger charge is 2.20. The van der Waals surface area contributed by atoms with Crippen molar-refractivity contribution in [1.29, 1.82) is 0 Å². The summed E-state index contributed by atoms with van der Waals surface area (Å²) in [7, 11) is 0. The van der Waals surface area contributed by atoms with Gasteiger partial charge in [0.25, 0.3) is 0 Å². The Labute approximate surface area is 119 Å². The van der Waals surface area contributed by atoms with Crippen LogP contribution in [0.15, 0.2) is 29.2 Å². The molecule has 1 saturated carbocycles. The van der Waals surface area contributed by atoms with E-state index in [9.17, 15) is 4.79 Å². The van der Waals surface area contributed by atoms with E-state index in [1.54, 1.807) is 11.8 Å². The summed E-state index contributed by atoms with van der Waals surface area (Å²) >= 11 is 1.77. The van der Waals surface area contributed by atoms with E-state index in [2.05, 4.69) is 41.8 Å². The number of carbonyl (C=O) groups excluding carboxylic acids is 1. The van der Waals surface area contributed by atoms with Crippen LogP contribution < -0.4 is 10.6 Å². The molecule has 0 bridgehead atoms. The van der Waals surface area contributed by atoms with Crippen molar-refractivity contribution in [2.75, 3.05) is 25.4 Å². The molecule has 0 aliphatic heterocycles. The van der Waals surface area contributed by atoms with Gasteiger partial charge in [0.15, 0.2) is 0 Å². The predicted octanol–water partition coefficient (Wildman–Crippen LogP) is 2.20. The van der Waals surface area contributed by atoms with Crippen LogP contribution in [0.1, 0.15) is 18.4 Å². The summed E-state index contributed by atoms with van der Waals surface area (Å²) in [5.74, 6) is 1.84. The molecular formula is C15H22N2OS. The van der Waals surface area contributed by atoms with Crippen molar-refractivity contribution in [3.63, 3.8) is 0 Å². The van der Waals surface area contributed by atoms with Crippen LogP contribution in [0.25, 0.3) is 0 Å². The van der Waals surface area contributed by atoms with Crippen LogP contribution in [0.3, 0.4) is 0 Å². The molecule has 0 heterocycles. The molecule has 1 aromatic carbocycles. The van der Waals surface area contributed by atoms with Gasteiger partial charge >= 0.3 is 0 Å². The summed E-state index contributed by atoms with van der Waals surface area (Å²) in [6, 6.07) is 8.48. The van der Waals surface area contributed by atoms with Crippen LogP contribution in [-0.4, -0.2) is 31.3 Å². The molecule has 0 saturated heterocycles. The van der Waals surface area contributed by atoms with Gasteiger partial charge in [-0.25, -0.2) is 0 Å². The first-order valence-corrected chi connectivity index (χ1v) is 7.89. The number of carbonyl (C=O) groups is 1. The molecule has 1 aromatic rings. The Morgan fingerprint density at radius 3 is 2.74 bits per heavy atom. The quantitative estimate of drug-likeness (QED) is 0.566. The first-order valence-electron chi connectivity index (χ1n) is 6.91. The van der Waals surface area contributed by atoms with Crippen LogP contribution in [-0.2, 0) is 4.79 Å². The zero-order chi connectivity index (χ0) is 13.5. The number of thioether (sulfide) groups is 1. The zero-order valence-electron chi connectivity index (χ0n) is 11.4. The predicted molar refractivity (Wildman–Crippen MR) is 80.5 cm³/mol. The van der Waals surface area contributed by atoms with E-state index in [0.717, 1.165) is 24.8 Å². The van der Waals surface area contributed by atoms with E-state index in [-0.39, 0.29) is 5.91 Å². The number of aryl methyl sites for hydroxylation is 1.